The average Bonchev–Trinajstić information content (AvgIpc) is 2.38. The standard InChI is InChI=1S/C15H16Br2N2/c1-3-13(11-5-4-6-12(16)9-11)19-14-7-8-15(17)18-10(14)2/h4-9,13,19H,3H2,1-2H3. The van der Waals surface area contributed by atoms with Crippen LogP contribution in [0.15, 0.2) is 45.5 Å². The molecular weight excluding hydrogens is 368 g/mol. The van der Waals surface area contributed by atoms with E-state index in [0.29, 0.717) is 6.04 Å². The Hall–Kier alpha value is -0.870. The summed E-state index contributed by atoms with van der Waals surface area (Å²) in [5.74, 6) is 0. The number of hydrogen-bond donors (Lipinski definition) is 1. The second-order valence-electron chi connectivity index (χ2n) is 4.43. The van der Waals surface area contributed by atoms with Gasteiger partial charge in [-0.15, -0.1) is 0 Å². The molecule has 1 N–H and O–H groups in total. The van der Waals surface area contributed by atoms with E-state index in [2.05, 4.69) is 73.3 Å². The van der Waals surface area contributed by atoms with Gasteiger partial charge in [-0.25, -0.2) is 4.98 Å². The quantitative estimate of drug-likeness (QED) is 0.707. The number of benzene rings is 1. The van der Waals surface area contributed by atoms with Gasteiger partial charge in [0.1, 0.15) is 4.60 Å². The van der Waals surface area contributed by atoms with Crippen molar-refractivity contribution in [1.82, 2.24) is 4.98 Å². The van der Waals surface area contributed by atoms with Crippen molar-refractivity contribution < 1.29 is 0 Å². The van der Waals surface area contributed by atoms with Crippen LogP contribution in [0.2, 0.25) is 0 Å². The summed E-state index contributed by atoms with van der Waals surface area (Å²) in [6, 6.07) is 12.7. The fourth-order valence-corrected chi connectivity index (χ4v) is 2.83. The van der Waals surface area contributed by atoms with Crippen LogP contribution >= 0.6 is 31.9 Å². The highest BCUT2D eigenvalue weighted by Crippen LogP contribution is 2.26. The van der Waals surface area contributed by atoms with Gasteiger partial charge in [0.15, 0.2) is 0 Å². The molecule has 1 unspecified atom stereocenters. The highest BCUT2D eigenvalue weighted by Gasteiger charge is 2.11. The maximum absolute atomic E-state index is 4.42. The molecule has 0 aliphatic rings. The fraction of sp³-hybridized carbons (Fsp3) is 0.267. The van der Waals surface area contributed by atoms with Crippen LogP contribution in [0.3, 0.4) is 0 Å². The molecule has 2 rings (SSSR count). The Labute approximate surface area is 130 Å². The monoisotopic (exact) mass is 382 g/mol. The minimum Gasteiger partial charge on any atom is -0.377 e. The third kappa shape index (κ3) is 3.80. The summed E-state index contributed by atoms with van der Waals surface area (Å²) in [5, 5.41) is 3.56. The van der Waals surface area contributed by atoms with Crippen LogP contribution in [0.25, 0.3) is 0 Å². The van der Waals surface area contributed by atoms with Crippen molar-refractivity contribution in [3.63, 3.8) is 0 Å². The topological polar surface area (TPSA) is 24.9 Å². The van der Waals surface area contributed by atoms with Crippen LogP contribution < -0.4 is 5.32 Å². The van der Waals surface area contributed by atoms with E-state index >= 15 is 0 Å². The van der Waals surface area contributed by atoms with E-state index in [9.17, 15) is 0 Å². The largest absolute Gasteiger partial charge is 0.377 e. The zero-order chi connectivity index (χ0) is 13.8. The van der Waals surface area contributed by atoms with E-state index in [4.69, 9.17) is 0 Å². The van der Waals surface area contributed by atoms with E-state index in [1.165, 1.54) is 5.56 Å². The second-order valence-corrected chi connectivity index (χ2v) is 6.16. The predicted octanol–water partition coefficient (Wildman–Crippen LogP) is 5.48. The molecule has 100 valence electrons. The summed E-state index contributed by atoms with van der Waals surface area (Å²) >= 11 is 6.91. The van der Waals surface area contributed by atoms with Crippen molar-refractivity contribution in [2.45, 2.75) is 26.3 Å². The van der Waals surface area contributed by atoms with Gasteiger partial charge in [0.2, 0.25) is 0 Å². The number of hydrogen-bond acceptors (Lipinski definition) is 2. The Bertz CT molecular complexity index is 570. The predicted molar refractivity (Wildman–Crippen MR) is 87.5 cm³/mol. The lowest BCUT2D eigenvalue weighted by molar-refractivity contribution is 0.746. The fourth-order valence-electron chi connectivity index (χ4n) is 2.02. The summed E-state index contributed by atoms with van der Waals surface area (Å²) in [5.41, 5.74) is 3.36. The summed E-state index contributed by atoms with van der Waals surface area (Å²) in [7, 11) is 0. The van der Waals surface area contributed by atoms with Crippen molar-refractivity contribution >= 4 is 37.5 Å². The first-order valence-electron chi connectivity index (χ1n) is 6.25. The number of pyridine rings is 1. The molecule has 19 heavy (non-hydrogen) atoms. The van der Waals surface area contributed by atoms with E-state index in [1.807, 2.05) is 19.1 Å². The van der Waals surface area contributed by atoms with E-state index in [-0.39, 0.29) is 0 Å². The Morgan fingerprint density at radius 2 is 2.00 bits per heavy atom. The highest BCUT2D eigenvalue weighted by atomic mass is 79.9. The normalized spacial score (nSPS) is 12.2. The molecule has 1 aromatic heterocycles. The van der Waals surface area contributed by atoms with E-state index < -0.39 is 0 Å². The Balaban J connectivity index is 2.24. The molecular formula is C15H16Br2N2. The molecule has 1 atom stereocenters. The van der Waals surface area contributed by atoms with E-state index in [1.54, 1.807) is 0 Å². The van der Waals surface area contributed by atoms with Gasteiger partial charge >= 0.3 is 0 Å². The second kappa shape index (κ2) is 6.53. The van der Waals surface area contributed by atoms with Crippen LogP contribution in [-0.2, 0) is 0 Å². The molecule has 0 radical (unpaired) electrons. The molecule has 0 saturated heterocycles. The molecule has 0 aliphatic heterocycles. The third-order valence-electron chi connectivity index (χ3n) is 3.04. The molecule has 0 spiro atoms. The summed E-state index contributed by atoms with van der Waals surface area (Å²) < 4.78 is 1.97. The molecule has 4 heteroatoms. The number of halogens is 2. The lowest BCUT2D eigenvalue weighted by atomic mass is 10.0. The van der Waals surface area contributed by atoms with E-state index in [0.717, 1.165) is 26.9 Å². The molecule has 2 nitrogen and oxygen atoms in total. The number of aryl methyl sites for hydroxylation is 1. The van der Waals surface area contributed by atoms with Crippen molar-refractivity contribution in [3.8, 4) is 0 Å². The van der Waals surface area contributed by atoms with Crippen molar-refractivity contribution in [2.24, 2.45) is 0 Å². The van der Waals surface area contributed by atoms with Crippen LogP contribution in [0, 0.1) is 6.92 Å². The maximum atomic E-state index is 4.42. The lowest BCUT2D eigenvalue weighted by Gasteiger charge is -2.20. The minimum atomic E-state index is 0.291. The molecule has 1 aromatic carbocycles. The number of rotatable bonds is 4. The third-order valence-corrected chi connectivity index (χ3v) is 3.98. The lowest BCUT2D eigenvalue weighted by Crippen LogP contribution is -2.11. The van der Waals surface area contributed by atoms with Gasteiger partial charge in [-0.2, -0.15) is 0 Å². The zero-order valence-corrected chi connectivity index (χ0v) is 14.1. The van der Waals surface area contributed by atoms with Gasteiger partial charge in [0.25, 0.3) is 0 Å². The van der Waals surface area contributed by atoms with Crippen molar-refractivity contribution in [1.29, 1.82) is 0 Å². The number of nitrogens with one attached hydrogen (secondary N) is 1. The summed E-state index contributed by atoms with van der Waals surface area (Å²) in [6.07, 6.45) is 1.02. The Kier molecular flexibility index (Phi) is 4.99. The number of aromatic nitrogens is 1. The zero-order valence-electron chi connectivity index (χ0n) is 11.0. The first kappa shape index (κ1) is 14.5. The Morgan fingerprint density at radius 1 is 1.21 bits per heavy atom. The van der Waals surface area contributed by atoms with Crippen molar-refractivity contribution in [3.05, 3.63) is 56.7 Å². The average molecular weight is 384 g/mol. The van der Waals surface area contributed by atoms with Gasteiger partial charge in [-0.1, -0.05) is 35.0 Å². The molecule has 0 bridgehead atoms. The van der Waals surface area contributed by atoms with Crippen LogP contribution in [-0.4, -0.2) is 4.98 Å². The number of anilines is 1. The first-order valence-corrected chi connectivity index (χ1v) is 7.84. The molecule has 0 amide bonds. The van der Waals surface area contributed by atoms with Gasteiger partial charge < -0.3 is 5.32 Å². The number of nitrogens with zero attached hydrogens (tertiary/aromatic N) is 1. The smallest absolute Gasteiger partial charge is 0.106 e. The van der Waals surface area contributed by atoms with Gasteiger partial charge in [0.05, 0.1) is 17.4 Å². The summed E-state index contributed by atoms with van der Waals surface area (Å²) in [6.45, 7) is 4.20. The highest BCUT2D eigenvalue weighted by molar-refractivity contribution is 9.10. The van der Waals surface area contributed by atoms with Crippen LogP contribution in [0.5, 0.6) is 0 Å². The molecule has 0 aliphatic carbocycles. The Morgan fingerprint density at radius 3 is 2.63 bits per heavy atom. The van der Waals surface area contributed by atoms with Gasteiger partial charge in [-0.05, 0) is 59.1 Å². The molecule has 0 saturated carbocycles. The van der Waals surface area contributed by atoms with Gasteiger partial charge in [0, 0.05) is 4.47 Å². The maximum Gasteiger partial charge on any atom is 0.106 e. The minimum absolute atomic E-state index is 0.291. The SMILES string of the molecule is CCC(Nc1ccc(Br)nc1C)c1cccc(Br)c1. The molecule has 2 aromatic rings. The molecule has 0 fully saturated rings. The molecule has 1 heterocycles. The van der Waals surface area contributed by atoms with Gasteiger partial charge in [-0.3, -0.25) is 0 Å². The first-order chi connectivity index (χ1) is 9.10. The van der Waals surface area contributed by atoms with Crippen LogP contribution in [0.4, 0.5) is 5.69 Å². The van der Waals surface area contributed by atoms with Crippen LogP contribution in [0.1, 0.15) is 30.6 Å². The summed E-state index contributed by atoms with van der Waals surface area (Å²) in [4.78, 5) is 4.42. The van der Waals surface area contributed by atoms with Crippen molar-refractivity contribution in [2.75, 3.05) is 5.32 Å².